The topological polar surface area (TPSA) is 46.5 Å². The number of carbonyl (C=O) groups excluding carboxylic acids is 1. The average Bonchev–Trinajstić information content (AvgIpc) is 2.41. The minimum absolute atomic E-state index is 0.0536. The van der Waals surface area contributed by atoms with Crippen LogP contribution < -0.4 is 4.74 Å². The Labute approximate surface area is 110 Å². The molecule has 0 fully saturated rings. The molecule has 0 saturated heterocycles. The highest BCUT2D eigenvalue weighted by Gasteiger charge is 2.08. The van der Waals surface area contributed by atoms with Crippen LogP contribution in [0.15, 0.2) is 42.5 Å². The van der Waals surface area contributed by atoms with E-state index >= 15 is 0 Å². The van der Waals surface area contributed by atoms with Crippen LogP contribution in [-0.4, -0.2) is 10.9 Å². The lowest BCUT2D eigenvalue weighted by atomic mass is 10.1. The highest BCUT2D eigenvalue weighted by Crippen LogP contribution is 2.25. The van der Waals surface area contributed by atoms with Crippen LogP contribution >= 0.6 is 0 Å². The van der Waals surface area contributed by atoms with Gasteiger partial charge in [-0.05, 0) is 42.8 Å². The molecule has 2 aromatic carbocycles. The van der Waals surface area contributed by atoms with Gasteiger partial charge in [0.25, 0.3) is 0 Å². The summed E-state index contributed by atoms with van der Waals surface area (Å²) in [7, 11) is 0. The summed E-state index contributed by atoms with van der Waals surface area (Å²) in [6.45, 7) is 1.32. The second-order valence-electron chi connectivity index (χ2n) is 4.11. The zero-order chi connectivity index (χ0) is 13.8. The molecule has 0 unspecified atom stereocenters. The number of ketones is 1. The summed E-state index contributed by atoms with van der Waals surface area (Å²) in [6, 6.07) is 10.8. The molecule has 2 rings (SSSR count). The van der Waals surface area contributed by atoms with E-state index in [2.05, 4.69) is 0 Å². The molecule has 98 valence electrons. The van der Waals surface area contributed by atoms with Crippen LogP contribution in [-0.2, 0) is 6.61 Å². The van der Waals surface area contributed by atoms with Crippen LogP contribution in [0.2, 0.25) is 0 Å². The summed E-state index contributed by atoms with van der Waals surface area (Å²) in [5.74, 6) is -0.259. The summed E-state index contributed by atoms with van der Waals surface area (Å²) < 4.78 is 19.1. The van der Waals surface area contributed by atoms with Gasteiger partial charge in [0.1, 0.15) is 5.75 Å². The first-order valence-electron chi connectivity index (χ1n) is 5.78. The summed E-state index contributed by atoms with van der Waals surface area (Å²) >= 11 is 0. The number of hydrogen-bond donors (Lipinski definition) is 1. The Morgan fingerprint density at radius 3 is 2.42 bits per heavy atom. The standard InChI is InChI=1S/C15H13FO3/c1-10(18)12-4-7-15(14(16)8-12)19-13-5-2-11(9-17)3-6-13/h2-8,17H,9H2,1H3. The molecule has 1 N–H and O–H groups in total. The van der Waals surface area contributed by atoms with Crippen molar-refractivity contribution < 1.29 is 19.0 Å². The lowest BCUT2D eigenvalue weighted by molar-refractivity contribution is 0.101. The van der Waals surface area contributed by atoms with Crippen molar-refractivity contribution in [3.05, 3.63) is 59.4 Å². The molecule has 0 bridgehead atoms. The zero-order valence-electron chi connectivity index (χ0n) is 10.4. The van der Waals surface area contributed by atoms with Gasteiger partial charge < -0.3 is 9.84 Å². The van der Waals surface area contributed by atoms with E-state index in [-0.39, 0.29) is 18.1 Å². The molecule has 0 saturated carbocycles. The maximum absolute atomic E-state index is 13.7. The molecule has 3 nitrogen and oxygen atoms in total. The predicted octanol–water partition coefficient (Wildman–Crippen LogP) is 3.31. The lowest BCUT2D eigenvalue weighted by Crippen LogP contribution is -1.95. The van der Waals surface area contributed by atoms with Crippen LogP contribution in [0.1, 0.15) is 22.8 Å². The summed E-state index contributed by atoms with van der Waals surface area (Å²) in [4.78, 5) is 11.1. The quantitative estimate of drug-likeness (QED) is 0.858. The molecule has 0 aliphatic rings. The normalized spacial score (nSPS) is 10.3. The van der Waals surface area contributed by atoms with Crippen LogP contribution in [0.4, 0.5) is 4.39 Å². The summed E-state index contributed by atoms with van der Waals surface area (Å²) in [6.07, 6.45) is 0. The van der Waals surface area contributed by atoms with E-state index in [0.29, 0.717) is 11.3 Å². The SMILES string of the molecule is CC(=O)c1ccc(Oc2ccc(CO)cc2)c(F)c1. The van der Waals surface area contributed by atoms with E-state index in [0.717, 1.165) is 11.6 Å². The fourth-order valence-electron chi connectivity index (χ4n) is 1.59. The number of carbonyl (C=O) groups is 1. The van der Waals surface area contributed by atoms with Crippen molar-refractivity contribution in [2.75, 3.05) is 0 Å². The minimum atomic E-state index is -0.584. The minimum Gasteiger partial charge on any atom is -0.454 e. The fraction of sp³-hybridized carbons (Fsp3) is 0.133. The van der Waals surface area contributed by atoms with Gasteiger partial charge in [-0.3, -0.25) is 4.79 Å². The van der Waals surface area contributed by atoms with Crippen molar-refractivity contribution in [2.24, 2.45) is 0 Å². The molecule has 0 aromatic heterocycles. The molecule has 0 atom stereocenters. The number of aliphatic hydroxyl groups excluding tert-OH is 1. The zero-order valence-corrected chi connectivity index (χ0v) is 10.4. The van der Waals surface area contributed by atoms with Gasteiger partial charge in [0, 0.05) is 5.56 Å². The number of ether oxygens (including phenoxy) is 1. The average molecular weight is 260 g/mol. The van der Waals surface area contributed by atoms with Gasteiger partial charge in [0.2, 0.25) is 0 Å². The van der Waals surface area contributed by atoms with E-state index in [4.69, 9.17) is 9.84 Å². The first kappa shape index (κ1) is 13.2. The Kier molecular flexibility index (Phi) is 3.92. The van der Waals surface area contributed by atoms with Gasteiger partial charge in [0.05, 0.1) is 6.61 Å². The van der Waals surface area contributed by atoms with Crippen LogP contribution in [0.3, 0.4) is 0 Å². The Morgan fingerprint density at radius 2 is 1.89 bits per heavy atom. The summed E-state index contributed by atoms with van der Waals surface area (Å²) in [5, 5.41) is 8.91. The number of rotatable bonds is 4. The number of Topliss-reactive ketones (excluding diaryl/α,β-unsaturated/α-hetero) is 1. The third-order valence-corrected chi connectivity index (χ3v) is 2.67. The maximum Gasteiger partial charge on any atom is 0.166 e. The first-order chi connectivity index (χ1) is 9.10. The fourth-order valence-corrected chi connectivity index (χ4v) is 1.59. The van der Waals surface area contributed by atoms with Crippen molar-refractivity contribution in [3.8, 4) is 11.5 Å². The molecule has 19 heavy (non-hydrogen) atoms. The van der Waals surface area contributed by atoms with Gasteiger partial charge in [-0.25, -0.2) is 4.39 Å². The highest BCUT2D eigenvalue weighted by atomic mass is 19.1. The Bertz CT molecular complexity index is 591. The molecule has 0 heterocycles. The number of benzene rings is 2. The second-order valence-corrected chi connectivity index (χ2v) is 4.11. The van der Waals surface area contributed by atoms with Gasteiger partial charge in [-0.1, -0.05) is 12.1 Å². The molecule has 4 heteroatoms. The molecule has 0 aliphatic carbocycles. The van der Waals surface area contributed by atoms with Crippen molar-refractivity contribution in [2.45, 2.75) is 13.5 Å². The monoisotopic (exact) mass is 260 g/mol. The Morgan fingerprint density at radius 1 is 1.21 bits per heavy atom. The number of aliphatic hydroxyl groups is 1. The highest BCUT2D eigenvalue weighted by molar-refractivity contribution is 5.94. The predicted molar refractivity (Wildman–Crippen MR) is 68.8 cm³/mol. The number of halogens is 1. The first-order valence-corrected chi connectivity index (χ1v) is 5.78. The third-order valence-electron chi connectivity index (χ3n) is 2.67. The van der Waals surface area contributed by atoms with E-state index in [9.17, 15) is 9.18 Å². The Hall–Kier alpha value is -2.20. The lowest BCUT2D eigenvalue weighted by Gasteiger charge is -2.08. The second kappa shape index (κ2) is 5.63. The van der Waals surface area contributed by atoms with E-state index in [1.54, 1.807) is 24.3 Å². The Balaban J connectivity index is 2.20. The molecular formula is C15H13FO3. The van der Waals surface area contributed by atoms with Crippen LogP contribution in [0.25, 0.3) is 0 Å². The van der Waals surface area contributed by atoms with Crippen molar-refractivity contribution >= 4 is 5.78 Å². The van der Waals surface area contributed by atoms with Crippen molar-refractivity contribution in [3.63, 3.8) is 0 Å². The molecule has 0 amide bonds. The maximum atomic E-state index is 13.7. The molecule has 0 radical (unpaired) electrons. The molecular weight excluding hydrogens is 247 g/mol. The van der Waals surface area contributed by atoms with Crippen LogP contribution in [0.5, 0.6) is 11.5 Å². The van der Waals surface area contributed by atoms with Gasteiger partial charge in [0.15, 0.2) is 17.3 Å². The third kappa shape index (κ3) is 3.17. The molecule has 0 aliphatic heterocycles. The van der Waals surface area contributed by atoms with Gasteiger partial charge in [-0.15, -0.1) is 0 Å². The van der Waals surface area contributed by atoms with Crippen molar-refractivity contribution in [1.29, 1.82) is 0 Å². The molecule has 0 spiro atoms. The molecule has 2 aromatic rings. The summed E-state index contributed by atoms with van der Waals surface area (Å²) in [5.41, 5.74) is 1.06. The van der Waals surface area contributed by atoms with E-state index < -0.39 is 5.82 Å². The van der Waals surface area contributed by atoms with Crippen molar-refractivity contribution in [1.82, 2.24) is 0 Å². The number of hydrogen-bond acceptors (Lipinski definition) is 3. The van der Waals surface area contributed by atoms with E-state index in [1.165, 1.54) is 19.1 Å². The van der Waals surface area contributed by atoms with Crippen LogP contribution in [0, 0.1) is 5.82 Å². The largest absolute Gasteiger partial charge is 0.454 e. The van der Waals surface area contributed by atoms with Gasteiger partial charge >= 0.3 is 0 Å². The smallest absolute Gasteiger partial charge is 0.166 e. The van der Waals surface area contributed by atoms with E-state index in [1.807, 2.05) is 0 Å². The van der Waals surface area contributed by atoms with Gasteiger partial charge in [-0.2, -0.15) is 0 Å².